The summed E-state index contributed by atoms with van der Waals surface area (Å²) in [6.45, 7) is 2.00. The molecule has 1 unspecified atom stereocenters. The van der Waals surface area contributed by atoms with Gasteiger partial charge in [0.15, 0.2) is 10.8 Å². The van der Waals surface area contributed by atoms with E-state index in [9.17, 15) is 0 Å². The van der Waals surface area contributed by atoms with Crippen molar-refractivity contribution in [2.24, 2.45) is 0 Å². The normalized spacial score (nSPS) is 12.5. The molecule has 0 fully saturated rings. The second-order valence-corrected chi connectivity index (χ2v) is 6.23. The minimum atomic E-state index is -0.0309. The van der Waals surface area contributed by atoms with Crippen LogP contribution in [0.1, 0.15) is 18.0 Å². The first-order valence-corrected chi connectivity index (χ1v) is 7.58. The number of rotatable bonds is 4. The highest BCUT2D eigenvalue weighted by atomic mass is 32.2. The van der Waals surface area contributed by atoms with Crippen LogP contribution in [0.25, 0.3) is 5.65 Å². The second kappa shape index (κ2) is 5.76. The molecular weight excluding hydrogens is 300 g/mol. The summed E-state index contributed by atoms with van der Waals surface area (Å²) >= 11 is 1.52. The molecule has 3 aromatic heterocycles. The van der Waals surface area contributed by atoms with Crippen molar-refractivity contribution >= 4 is 29.3 Å². The van der Waals surface area contributed by atoms with Crippen LogP contribution in [-0.2, 0) is 0 Å². The third kappa shape index (κ3) is 2.80. The quantitative estimate of drug-likeness (QED) is 0.722. The summed E-state index contributed by atoms with van der Waals surface area (Å²) in [6.07, 6.45) is 1.93. The van der Waals surface area contributed by atoms with Crippen molar-refractivity contribution in [3.8, 4) is 0 Å². The minimum Gasteiger partial charge on any atom is -0.368 e. The summed E-state index contributed by atoms with van der Waals surface area (Å²) in [5, 5.41) is 9.09. The molecule has 0 aliphatic heterocycles. The van der Waals surface area contributed by atoms with E-state index >= 15 is 0 Å². The number of nitrogens with zero attached hydrogens (tertiary/aromatic N) is 7. The fraction of sp³-hybridized carbons (Fsp3) is 0.308. The predicted octanol–water partition coefficient (Wildman–Crippen LogP) is 1.42. The lowest BCUT2D eigenvalue weighted by Gasteiger charge is -2.14. The number of aromatic nitrogens is 6. The maximum absolute atomic E-state index is 5.77. The first-order valence-electron chi connectivity index (χ1n) is 6.70. The van der Waals surface area contributed by atoms with Gasteiger partial charge >= 0.3 is 0 Å². The van der Waals surface area contributed by atoms with Crippen LogP contribution < -0.4 is 10.6 Å². The maximum Gasteiger partial charge on any atom is 0.229 e. The fourth-order valence-corrected chi connectivity index (χ4v) is 2.77. The Morgan fingerprint density at radius 3 is 2.77 bits per heavy atom. The van der Waals surface area contributed by atoms with Crippen molar-refractivity contribution in [1.82, 2.24) is 29.5 Å². The van der Waals surface area contributed by atoms with Crippen LogP contribution in [-0.4, -0.2) is 43.6 Å². The lowest BCUT2D eigenvalue weighted by molar-refractivity contribution is 0.852. The van der Waals surface area contributed by atoms with Crippen LogP contribution >= 0.6 is 11.8 Å². The molecule has 9 heteroatoms. The SMILES string of the molecule is CC(Sc1nnc2ccccn12)c1nc(N)nc(N(C)C)n1. The van der Waals surface area contributed by atoms with E-state index in [1.165, 1.54) is 11.8 Å². The molecule has 0 saturated heterocycles. The minimum absolute atomic E-state index is 0.0309. The molecule has 2 N–H and O–H groups in total. The molecule has 3 rings (SSSR count). The number of hydrogen-bond donors (Lipinski definition) is 1. The van der Waals surface area contributed by atoms with Gasteiger partial charge in [-0.3, -0.25) is 4.40 Å². The molecule has 0 radical (unpaired) electrons. The van der Waals surface area contributed by atoms with Gasteiger partial charge in [-0.1, -0.05) is 17.8 Å². The Labute approximate surface area is 131 Å². The number of anilines is 2. The van der Waals surface area contributed by atoms with E-state index in [-0.39, 0.29) is 11.2 Å². The zero-order valence-electron chi connectivity index (χ0n) is 12.5. The van der Waals surface area contributed by atoms with E-state index in [1.54, 1.807) is 4.90 Å². The Hall–Kier alpha value is -2.42. The Morgan fingerprint density at radius 2 is 2.00 bits per heavy atom. The molecule has 8 nitrogen and oxygen atoms in total. The van der Waals surface area contributed by atoms with E-state index in [0.29, 0.717) is 11.8 Å². The number of pyridine rings is 1. The molecule has 0 bridgehead atoms. The smallest absolute Gasteiger partial charge is 0.229 e. The van der Waals surface area contributed by atoms with Crippen molar-refractivity contribution in [3.05, 3.63) is 30.2 Å². The third-order valence-corrected chi connectivity index (χ3v) is 4.04. The standard InChI is InChI=1S/C13H16N8S/c1-8(10-15-11(14)17-12(16-10)20(2)3)22-13-19-18-9-6-4-5-7-21(9)13/h4-8H,1-3H3,(H2,14,15,16,17). The summed E-state index contributed by atoms with van der Waals surface area (Å²) < 4.78 is 1.93. The molecule has 0 amide bonds. The van der Waals surface area contributed by atoms with Gasteiger partial charge < -0.3 is 10.6 Å². The highest BCUT2D eigenvalue weighted by molar-refractivity contribution is 7.99. The van der Waals surface area contributed by atoms with Crippen molar-refractivity contribution in [1.29, 1.82) is 0 Å². The second-order valence-electron chi connectivity index (χ2n) is 4.92. The van der Waals surface area contributed by atoms with Gasteiger partial charge in [-0.25, -0.2) is 0 Å². The van der Waals surface area contributed by atoms with E-state index in [1.807, 2.05) is 49.8 Å². The highest BCUT2D eigenvalue weighted by Gasteiger charge is 2.17. The topological polar surface area (TPSA) is 98.1 Å². The Balaban J connectivity index is 1.90. The van der Waals surface area contributed by atoms with E-state index in [2.05, 4.69) is 25.1 Å². The zero-order valence-corrected chi connectivity index (χ0v) is 13.3. The monoisotopic (exact) mass is 316 g/mol. The largest absolute Gasteiger partial charge is 0.368 e. The van der Waals surface area contributed by atoms with Gasteiger partial charge in [-0.2, -0.15) is 15.0 Å². The van der Waals surface area contributed by atoms with Crippen LogP contribution in [0, 0.1) is 0 Å². The zero-order chi connectivity index (χ0) is 15.7. The Kier molecular flexibility index (Phi) is 3.80. The molecule has 0 aliphatic rings. The van der Waals surface area contributed by atoms with Gasteiger partial charge in [0.05, 0.1) is 5.25 Å². The van der Waals surface area contributed by atoms with Crippen LogP contribution in [0.3, 0.4) is 0 Å². The van der Waals surface area contributed by atoms with Gasteiger partial charge in [0.1, 0.15) is 5.82 Å². The van der Waals surface area contributed by atoms with Gasteiger partial charge in [0.25, 0.3) is 0 Å². The first kappa shape index (κ1) is 14.5. The third-order valence-electron chi connectivity index (χ3n) is 2.99. The number of fused-ring (bicyclic) bond motifs is 1. The Morgan fingerprint density at radius 1 is 1.18 bits per heavy atom. The average Bonchev–Trinajstić information content (AvgIpc) is 2.90. The average molecular weight is 316 g/mol. The lowest BCUT2D eigenvalue weighted by atomic mass is 10.4. The number of thioether (sulfide) groups is 1. The molecule has 0 aliphatic carbocycles. The molecule has 0 saturated carbocycles. The number of hydrogen-bond acceptors (Lipinski definition) is 8. The van der Waals surface area contributed by atoms with E-state index in [0.717, 1.165) is 10.8 Å². The maximum atomic E-state index is 5.77. The number of nitrogen functional groups attached to an aromatic ring is 1. The molecule has 3 aromatic rings. The van der Waals surface area contributed by atoms with Crippen molar-refractivity contribution in [2.75, 3.05) is 24.7 Å². The fourth-order valence-electron chi connectivity index (χ4n) is 1.89. The molecule has 22 heavy (non-hydrogen) atoms. The molecule has 1 atom stereocenters. The number of nitrogens with two attached hydrogens (primary N) is 1. The molecular formula is C13H16N8S. The molecule has 3 heterocycles. The molecule has 0 aromatic carbocycles. The Bertz CT molecular complexity index is 800. The summed E-state index contributed by atoms with van der Waals surface area (Å²) in [5.41, 5.74) is 6.57. The predicted molar refractivity (Wildman–Crippen MR) is 85.8 cm³/mol. The van der Waals surface area contributed by atoms with Gasteiger partial charge in [-0.05, 0) is 19.1 Å². The molecule has 114 valence electrons. The summed E-state index contributed by atoms with van der Waals surface area (Å²) in [6, 6.07) is 5.78. The van der Waals surface area contributed by atoms with E-state index < -0.39 is 0 Å². The van der Waals surface area contributed by atoms with Gasteiger partial charge in [-0.15, -0.1) is 10.2 Å². The van der Waals surface area contributed by atoms with Crippen LogP contribution in [0.5, 0.6) is 0 Å². The first-order chi connectivity index (χ1) is 10.5. The lowest BCUT2D eigenvalue weighted by Crippen LogP contribution is -2.16. The van der Waals surface area contributed by atoms with Gasteiger partial charge in [0.2, 0.25) is 11.9 Å². The van der Waals surface area contributed by atoms with E-state index in [4.69, 9.17) is 5.73 Å². The van der Waals surface area contributed by atoms with Crippen LogP contribution in [0.2, 0.25) is 0 Å². The molecule has 0 spiro atoms. The summed E-state index contributed by atoms with van der Waals surface area (Å²) in [7, 11) is 3.73. The van der Waals surface area contributed by atoms with Gasteiger partial charge in [0, 0.05) is 20.3 Å². The summed E-state index contributed by atoms with van der Waals surface area (Å²) in [5.74, 6) is 1.38. The van der Waals surface area contributed by atoms with Crippen molar-refractivity contribution in [3.63, 3.8) is 0 Å². The highest BCUT2D eigenvalue weighted by Crippen LogP contribution is 2.32. The van der Waals surface area contributed by atoms with Crippen molar-refractivity contribution < 1.29 is 0 Å². The van der Waals surface area contributed by atoms with Crippen molar-refractivity contribution in [2.45, 2.75) is 17.3 Å². The van der Waals surface area contributed by atoms with Crippen LogP contribution in [0.15, 0.2) is 29.6 Å². The summed E-state index contributed by atoms with van der Waals surface area (Å²) in [4.78, 5) is 14.6. The van der Waals surface area contributed by atoms with Crippen LogP contribution in [0.4, 0.5) is 11.9 Å².